The predicted octanol–water partition coefficient (Wildman–Crippen LogP) is 0.606. The summed E-state index contributed by atoms with van der Waals surface area (Å²) in [7, 11) is 0. The van der Waals surface area contributed by atoms with Crippen molar-refractivity contribution in [1.82, 2.24) is 0 Å². The van der Waals surface area contributed by atoms with E-state index in [0.717, 1.165) is 6.08 Å². The number of fused-ring (bicyclic) bond motifs is 1. The largest absolute Gasteiger partial charge is 0.511 e. The maximum Gasteiger partial charge on any atom is 0.335 e. The third kappa shape index (κ3) is 1.59. The Kier molecular flexibility index (Phi) is 2.00. The lowest BCUT2D eigenvalue weighted by molar-refractivity contribution is -0.132. The summed E-state index contributed by atoms with van der Waals surface area (Å²) in [6, 6.07) is 0. The van der Waals surface area contributed by atoms with Gasteiger partial charge in [-0.25, -0.2) is 9.79 Å². The number of hydrogen-bond donors (Lipinski definition) is 2. The lowest BCUT2D eigenvalue weighted by atomic mass is 9.91. The molecule has 2 N–H and O–H groups in total. The van der Waals surface area contributed by atoms with Crippen molar-refractivity contribution in [3.63, 3.8) is 0 Å². The normalized spacial score (nSPS) is 23.9. The molecule has 0 aromatic rings. The van der Waals surface area contributed by atoms with Gasteiger partial charge >= 0.3 is 5.97 Å². The van der Waals surface area contributed by atoms with E-state index in [1.165, 1.54) is 18.2 Å². The van der Waals surface area contributed by atoms with Crippen LogP contribution in [0.5, 0.6) is 0 Å². The van der Waals surface area contributed by atoms with E-state index in [0.29, 0.717) is 0 Å². The minimum Gasteiger partial charge on any atom is -0.511 e. The number of aliphatic carboxylic acids is 1. The molecule has 1 aliphatic carbocycles. The van der Waals surface area contributed by atoms with Crippen LogP contribution in [0.25, 0.3) is 0 Å². The molecule has 1 amide bonds. The molecule has 0 radical (unpaired) electrons. The standard InChI is InChI=1S/C10H7NO4/c12-8-4-9(13)11-7-3-5(10(14)15)1-2-6(7)8/h1-4,6,12H,(H,14,15). The molecule has 5 nitrogen and oxygen atoms in total. The van der Waals surface area contributed by atoms with Gasteiger partial charge in [-0.15, -0.1) is 0 Å². The van der Waals surface area contributed by atoms with Crippen molar-refractivity contribution < 1.29 is 19.8 Å². The summed E-state index contributed by atoms with van der Waals surface area (Å²) in [6.45, 7) is 0. The number of carbonyl (C=O) groups is 2. The van der Waals surface area contributed by atoms with Gasteiger partial charge in [0.05, 0.1) is 17.2 Å². The highest BCUT2D eigenvalue weighted by Gasteiger charge is 2.26. The molecule has 0 saturated heterocycles. The highest BCUT2D eigenvalue weighted by molar-refractivity contribution is 6.14. The number of carbonyl (C=O) groups excluding carboxylic acids is 1. The third-order valence-electron chi connectivity index (χ3n) is 2.17. The summed E-state index contributed by atoms with van der Waals surface area (Å²) in [5, 5.41) is 18.2. The number of hydrogen-bond acceptors (Lipinski definition) is 3. The second-order valence-electron chi connectivity index (χ2n) is 3.19. The maximum absolute atomic E-state index is 11.0. The number of aliphatic hydroxyl groups excluding tert-OH is 1. The van der Waals surface area contributed by atoms with Gasteiger partial charge in [-0.05, 0) is 6.08 Å². The number of amides is 1. The Morgan fingerprint density at radius 2 is 2.13 bits per heavy atom. The molecule has 2 rings (SSSR count). The fourth-order valence-corrected chi connectivity index (χ4v) is 1.46. The van der Waals surface area contributed by atoms with Gasteiger partial charge < -0.3 is 10.2 Å². The van der Waals surface area contributed by atoms with Gasteiger partial charge in [-0.2, -0.15) is 0 Å². The smallest absolute Gasteiger partial charge is 0.335 e. The number of aliphatic imine (C=N–C) groups is 1. The number of carboxylic acid groups (broad SMARTS) is 1. The number of aliphatic hydroxyl groups is 1. The van der Waals surface area contributed by atoms with E-state index in [2.05, 4.69) is 4.99 Å². The first-order valence-corrected chi connectivity index (χ1v) is 4.24. The Balaban J connectivity index is 2.42. The molecular weight excluding hydrogens is 198 g/mol. The van der Waals surface area contributed by atoms with Gasteiger partial charge in [0.1, 0.15) is 5.76 Å². The second-order valence-corrected chi connectivity index (χ2v) is 3.19. The second kappa shape index (κ2) is 3.20. The highest BCUT2D eigenvalue weighted by Crippen LogP contribution is 2.23. The molecule has 76 valence electrons. The summed E-state index contributed by atoms with van der Waals surface area (Å²) < 4.78 is 0. The first-order chi connectivity index (χ1) is 7.08. The molecule has 1 atom stereocenters. The van der Waals surface area contributed by atoms with Crippen molar-refractivity contribution in [3.8, 4) is 0 Å². The van der Waals surface area contributed by atoms with E-state index >= 15 is 0 Å². The minimum atomic E-state index is -1.09. The number of dihydropyridines is 1. The van der Waals surface area contributed by atoms with Gasteiger partial charge in [-0.1, -0.05) is 12.2 Å². The maximum atomic E-state index is 11.0. The van der Waals surface area contributed by atoms with Crippen molar-refractivity contribution in [2.45, 2.75) is 0 Å². The van der Waals surface area contributed by atoms with E-state index in [1.54, 1.807) is 0 Å². The zero-order chi connectivity index (χ0) is 11.0. The van der Waals surface area contributed by atoms with E-state index in [9.17, 15) is 14.7 Å². The fraction of sp³-hybridized carbons (Fsp3) is 0.100. The van der Waals surface area contributed by atoms with Crippen LogP contribution in [0, 0.1) is 5.92 Å². The average Bonchev–Trinajstić information content (AvgIpc) is 2.16. The monoisotopic (exact) mass is 205 g/mol. The molecule has 1 unspecified atom stereocenters. The molecule has 2 aliphatic rings. The zero-order valence-corrected chi connectivity index (χ0v) is 7.54. The van der Waals surface area contributed by atoms with E-state index in [-0.39, 0.29) is 17.0 Å². The van der Waals surface area contributed by atoms with Crippen LogP contribution >= 0.6 is 0 Å². The van der Waals surface area contributed by atoms with E-state index in [4.69, 9.17) is 5.11 Å². The Bertz CT molecular complexity index is 468. The molecule has 1 aliphatic heterocycles. The Morgan fingerprint density at radius 1 is 1.40 bits per heavy atom. The summed E-state index contributed by atoms with van der Waals surface area (Å²) in [5.74, 6) is -2.27. The summed E-state index contributed by atoms with van der Waals surface area (Å²) >= 11 is 0. The molecule has 0 bridgehead atoms. The molecule has 1 heterocycles. The van der Waals surface area contributed by atoms with Crippen LogP contribution in [-0.4, -0.2) is 27.8 Å². The van der Waals surface area contributed by atoms with Crippen molar-refractivity contribution in [2.75, 3.05) is 0 Å². The van der Waals surface area contributed by atoms with Crippen LogP contribution in [0.3, 0.4) is 0 Å². The van der Waals surface area contributed by atoms with E-state index in [1.807, 2.05) is 0 Å². The van der Waals surface area contributed by atoms with Gasteiger partial charge in [0.25, 0.3) is 5.91 Å². The van der Waals surface area contributed by atoms with Crippen LogP contribution in [0.2, 0.25) is 0 Å². The van der Waals surface area contributed by atoms with Crippen molar-refractivity contribution in [1.29, 1.82) is 0 Å². The van der Waals surface area contributed by atoms with Gasteiger partial charge in [0.2, 0.25) is 0 Å². The summed E-state index contributed by atoms with van der Waals surface area (Å²) in [5.41, 5.74) is 0.312. The number of rotatable bonds is 1. The van der Waals surface area contributed by atoms with Gasteiger partial charge in [0.15, 0.2) is 0 Å². The van der Waals surface area contributed by atoms with E-state index < -0.39 is 17.8 Å². The number of carboxylic acids is 1. The average molecular weight is 205 g/mol. The van der Waals surface area contributed by atoms with Crippen LogP contribution in [0.1, 0.15) is 0 Å². The van der Waals surface area contributed by atoms with Crippen molar-refractivity contribution >= 4 is 17.6 Å². The molecular formula is C10H7NO4. The fourth-order valence-electron chi connectivity index (χ4n) is 1.46. The van der Waals surface area contributed by atoms with Crippen molar-refractivity contribution in [2.24, 2.45) is 10.9 Å². The minimum absolute atomic E-state index is 0.0486. The molecule has 0 aromatic heterocycles. The number of allylic oxidation sites excluding steroid dienone is 2. The first kappa shape index (κ1) is 9.39. The molecule has 15 heavy (non-hydrogen) atoms. The lowest BCUT2D eigenvalue weighted by Crippen LogP contribution is -2.23. The van der Waals surface area contributed by atoms with Gasteiger partial charge in [0, 0.05) is 6.08 Å². The molecule has 0 fully saturated rings. The quantitative estimate of drug-likeness (QED) is 0.656. The Morgan fingerprint density at radius 3 is 2.80 bits per heavy atom. The van der Waals surface area contributed by atoms with Crippen molar-refractivity contribution in [3.05, 3.63) is 35.6 Å². The topological polar surface area (TPSA) is 87.0 Å². The molecule has 0 aromatic carbocycles. The van der Waals surface area contributed by atoms with Gasteiger partial charge in [-0.3, -0.25) is 4.79 Å². The molecule has 0 spiro atoms. The van der Waals surface area contributed by atoms with Crippen LogP contribution < -0.4 is 0 Å². The Labute approximate surface area is 84.8 Å². The molecule has 5 heteroatoms. The predicted molar refractivity (Wildman–Crippen MR) is 51.5 cm³/mol. The third-order valence-corrected chi connectivity index (χ3v) is 2.17. The summed E-state index contributed by atoms with van der Waals surface area (Å²) in [4.78, 5) is 25.3. The van der Waals surface area contributed by atoms with Crippen LogP contribution in [0.15, 0.2) is 40.6 Å². The first-order valence-electron chi connectivity index (χ1n) is 4.24. The van der Waals surface area contributed by atoms with Crippen LogP contribution in [-0.2, 0) is 9.59 Å². The van der Waals surface area contributed by atoms with Crippen LogP contribution in [0.4, 0.5) is 0 Å². The highest BCUT2D eigenvalue weighted by atomic mass is 16.4. The number of nitrogens with zero attached hydrogens (tertiary/aromatic N) is 1. The summed E-state index contributed by atoms with van der Waals surface area (Å²) in [6.07, 6.45) is 5.19. The lowest BCUT2D eigenvalue weighted by Gasteiger charge is -2.18. The zero-order valence-electron chi connectivity index (χ0n) is 7.54. The Hall–Kier alpha value is -2.17. The molecule has 0 saturated carbocycles. The SMILES string of the molecule is O=C1C=C(O)C2C=CC(C(=O)O)=CC2=N1.